The average molecular weight is 364 g/mol. The summed E-state index contributed by atoms with van der Waals surface area (Å²) in [5.41, 5.74) is 10.5. The Hall–Kier alpha value is -0.860. The molecule has 26 heavy (non-hydrogen) atoms. The highest BCUT2D eigenvalue weighted by Gasteiger charge is 2.09. The fraction of sp³-hybridized carbons (Fsp3) is 0.750. The summed E-state index contributed by atoms with van der Waals surface area (Å²) in [7, 11) is 0. The van der Waals surface area contributed by atoms with Gasteiger partial charge >= 0.3 is 0 Å². The molecule has 0 spiro atoms. The van der Waals surface area contributed by atoms with Gasteiger partial charge in [-0.05, 0) is 37.0 Å². The van der Waals surface area contributed by atoms with Crippen molar-refractivity contribution >= 4 is 0 Å². The lowest BCUT2D eigenvalue weighted by atomic mass is 9.94. The highest BCUT2D eigenvalue weighted by molar-refractivity contribution is 5.35. The van der Waals surface area contributed by atoms with Crippen LogP contribution in [0.1, 0.15) is 120 Å². The number of aryl methyl sites for hydroxylation is 1. The Bertz CT molecular complexity index is 444. The number of nitrogens with two attached hydrogens (primary N) is 1. The number of rotatable bonds is 15. The zero-order valence-corrected chi connectivity index (χ0v) is 17.8. The molecule has 1 rings (SSSR count). The SMILES string of the molecule is CCCCCCCCCCCCCCCC(N)c1cccc(C)c1C.O. The monoisotopic (exact) mass is 363 g/mol. The lowest BCUT2D eigenvalue weighted by Crippen LogP contribution is -2.12. The van der Waals surface area contributed by atoms with Crippen LogP contribution in [0, 0.1) is 13.8 Å². The summed E-state index contributed by atoms with van der Waals surface area (Å²) in [6, 6.07) is 6.74. The molecular formula is C24H45NO. The molecule has 0 aliphatic carbocycles. The van der Waals surface area contributed by atoms with Gasteiger partial charge in [0.05, 0.1) is 0 Å². The largest absolute Gasteiger partial charge is 0.412 e. The summed E-state index contributed by atoms with van der Waals surface area (Å²) in [6.07, 6.45) is 19.4. The third-order valence-corrected chi connectivity index (χ3v) is 5.66. The van der Waals surface area contributed by atoms with Crippen molar-refractivity contribution in [3.05, 3.63) is 34.9 Å². The Kier molecular flexibility index (Phi) is 15.8. The molecule has 0 amide bonds. The van der Waals surface area contributed by atoms with Crippen molar-refractivity contribution in [3.63, 3.8) is 0 Å². The fourth-order valence-electron chi connectivity index (χ4n) is 3.71. The van der Waals surface area contributed by atoms with Gasteiger partial charge in [0.2, 0.25) is 0 Å². The summed E-state index contributed by atoms with van der Waals surface area (Å²) >= 11 is 0. The molecule has 152 valence electrons. The summed E-state index contributed by atoms with van der Waals surface area (Å²) in [5, 5.41) is 0. The Balaban J connectivity index is 0.00000625. The van der Waals surface area contributed by atoms with E-state index in [-0.39, 0.29) is 11.5 Å². The quantitative estimate of drug-likeness (QED) is 0.336. The molecule has 0 bridgehead atoms. The maximum atomic E-state index is 6.40. The van der Waals surface area contributed by atoms with Crippen LogP contribution in [0.15, 0.2) is 18.2 Å². The van der Waals surface area contributed by atoms with Crippen LogP contribution in [0.3, 0.4) is 0 Å². The van der Waals surface area contributed by atoms with E-state index in [2.05, 4.69) is 39.0 Å². The van der Waals surface area contributed by atoms with E-state index < -0.39 is 0 Å². The molecule has 1 atom stereocenters. The van der Waals surface area contributed by atoms with Crippen molar-refractivity contribution in [2.75, 3.05) is 0 Å². The average Bonchev–Trinajstić information content (AvgIpc) is 2.61. The van der Waals surface area contributed by atoms with Crippen molar-refractivity contribution in [1.82, 2.24) is 0 Å². The van der Waals surface area contributed by atoms with Crippen molar-refractivity contribution < 1.29 is 5.48 Å². The Morgan fingerprint density at radius 2 is 1.19 bits per heavy atom. The smallest absolute Gasteiger partial charge is 0.0297 e. The summed E-state index contributed by atoms with van der Waals surface area (Å²) in [6.45, 7) is 6.67. The van der Waals surface area contributed by atoms with Gasteiger partial charge in [-0.25, -0.2) is 0 Å². The van der Waals surface area contributed by atoms with Gasteiger partial charge in [-0.3, -0.25) is 0 Å². The minimum atomic E-state index is 0. The van der Waals surface area contributed by atoms with Crippen molar-refractivity contribution in [2.24, 2.45) is 5.73 Å². The summed E-state index contributed by atoms with van der Waals surface area (Å²) < 4.78 is 0. The van der Waals surface area contributed by atoms with E-state index in [9.17, 15) is 0 Å². The second kappa shape index (κ2) is 16.3. The minimum absolute atomic E-state index is 0. The third-order valence-electron chi connectivity index (χ3n) is 5.66. The van der Waals surface area contributed by atoms with Gasteiger partial charge in [0.25, 0.3) is 0 Å². The molecule has 0 aliphatic heterocycles. The van der Waals surface area contributed by atoms with Crippen LogP contribution in [0.5, 0.6) is 0 Å². The lowest BCUT2D eigenvalue weighted by Gasteiger charge is -2.16. The molecule has 0 fully saturated rings. The number of benzene rings is 1. The van der Waals surface area contributed by atoms with Crippen LogP contribution < -0.4 is 5.73 Å². The molecule has 1 aromatic carbocycles. The highest BCUT2D eigenvalue weighted by atomic mass is 16.0. The molecule has 0 heterocycles. The van der Waals surface area contributed by atoms with Crippen molar-refractivity contribution in [3.8, 4) is 0 Å². The van der Waals surface area contributed by atoms with Crippen LogP contribution in [0.4, 0.5) is 0 Å². The molecule has 0 saturated heterocycles. The molecular weight excluding hydrogens is 318 g/mol. The molecule has 0 aromatic heterocycles. The van der Waals surface area contributed by atoms with Crippen LogP contribution in [-0.4, -0.2) is 5.48 Å². The van der Waals surface area contributed by atoms with Gasteiger partial charge in [-0.1, -0.05) is 109 Å². The Morgan fingerprint density at radius 1 is 0.731 bits per heavy atom. The Labute approximate surface area is 163 Å². The van der Waals surface area contributed by atoms with E-state index >= 15 is 0 Å². The normalized spacial score (nSPS) is 12.0. The highest BCUT2D eigenvalue weighted by Crippen LogP contribution is 2.23. The van der Waals surface area contributed by atoms with E-state index in [1.54, 1.807) is 0 Å². The number of hydrogen-bond donors (Lipinski definition) is 1. The van der Waals surface area contributed by atoms with Gasteiger partial charge in [0.15, 0.2) is 0 Å². The first-order chi connectivity index (χ1) is 12.2. The summed E-state index contributed by atoms with van der Waals surface area (Å²) in [5.74, 6) is 0. The second-order valence-electron chi connectivity index (χ2n) is 7.93. The topological polar surface area (TPSA) is 57.5 Å². The third kappa shape index (κ3) is 11.0. The number of hydrogen-bond acceptors (Lipinski definition) is 1. The second-order valence-corrected chi connectivity index (χ2v) is 7.93. The van der Waals surface area contributed by atoms with Crippen molar-refractivity contribution in [2.45, 2.75) is 117 Å². The maximum absolute atomic E-state index is 6.40. The first kappa shape index (κ1) is 25.1. The molecule has 2 heteroatoms. The van der Waals surface area contributed by atoms with E-state index in [1.807, 2.05) is 0 Å². The predicted octanol–water partition coefficient (Wildman–Crippen LogP) is 6.96. The van der Waals surface area contributed by atoms with Crippen LogP contribution in [-0.2, 0) is 0 Å². The number of unbranched alkanes of at least 4 members (excludes halogenated alkanes) is 12. The predicted molar refractivity (Wildman–Crippen MR) is 117 cm³/mol. The van der Waals surface area contributed by atoms with E-state index in [1.165, 1.54) is 100 Å². The van der Waals surface area contributed by atoms with Crippen LogP contribution >= 0.6 is 0 Å². The van der Waals surface area contributed by atoms with Gasteiger partial charge < -0.3 is 11.2 Å². The molecule has 0 radical (unpaired) electrons. The zero-order valence-electron chi connectivity index (χ0n) is 17.8. The zero-order chi connectivity index (χ0) is 18.3. The fourth-order valence-corrected chi connectivity index (χ4v) is 3.71. The van der Waals surface area contributed by atoms with Gasteiger partial charge in [-0.2, -0.15) is 0 Å². The molecule has 1 aromatic rings. The summed E-state index contributed by atoms with van der Waals surface area (Å²) in [4.78, 5) is 0. The molecule has 4 N–H and O–H groups in total. The molecule has 1 unspecified atom stereocenters. The van der Waals surface area contributed by atoms with Gasteiger partial charge in [0.1, 0.15) is 0 Å². The van der Waals surface area contributed by atoms with Crippen LogP contribution in [0.25, 0.3) is 0 Å². The lowest BCUT2D eigenvalue weighted by molar-refractivity contribution is 0.522. The molecule has 0 aliphatic rings. The standard InChI is InChI=1S/C24H43N.H2O/c1-4-5-6-7-8-9-10-11-12-13-14-15-16-20-24(25)23-19-17-18-21(2)22(23)3;/h17-19,24H,4-16,20,25H2,1-3H3;1H2. The first-order valence-corrected chi connectivity index (χ1v) is 11.0. The first-order valence-electron chi connectivity index (χ1n) is 11.0. The van der Waals surface area contributed by atoms with Crippen LogP contribution in [0.2, 0.25) is 0 Å². The van der Waals surface area contributed by atoms with Crippen molar-refractivity contribution in [1.29, 1.82) is 0 Å². The van der Waals surface area contributed by atoms with E-state index in [4.69, 9.17) is 5.73 Å². The van der Waals surface area contributed by atoms with Gasteiger partial charge in [-0.15, -0.1) is 0 Å². The molecule has 0 saturated carbocycles. The molecule has 2 nitrogen and oxygen atoms in total. The minimum Gasteiger partial charge on any atom is -0.412 e. The Morgan fingerprint density at radius 3 is 1.69 bits per heavy atom. The maximum Gasteiger partial charge on any atom is 0.0297 e. The van der Waals surface area contributed by atoms with E-state index in [0.29, 0.717) is 0 Å². The van der Waals surface area contributed by atoms with Gasteiger partial charge in [0, 0.05) is 6.04 Å². The van der Waals surface area contributed by atoms with E-state index in [0.717, 1.165) is 6.42 Å².